The van der Waals surface area contributed by atoms with Crippen molar-refractivity contribution >= 4 is 53.5 Å². The quantitative estimate of drug-likeness (QED) is 0.684. The lowest BCUT2D eigenvalue weighted by Gasteiger charge is -2.11. The van der Waals surface area contributed by atoms with E-state index >= 15 is 0 Å². The Labute approximate surface area is 136 Å². The maximum Gasteiger partial charge on any atom is 0.241 e. The molecule has 1 aromatic carbocycles. The van der Waals surface area contributed by atoms with Crippen molar-refractivity contribution in [1.82, 2.24) is 4.72 Å². The molecule has 0 aliphatic carbocycles. The second-order valence-electron chi connectivity index (χ2n) is 4.22. The summed E-state index contributed by atoms with van der Waals surface area (Å²) >= 11 is 12.6. The van der Waals surface area contributed by atoms with Gasteiger partial charge < -0.3 is 0 Å². The van der Waals surface area contributed by atoms with E-state index in [1.165, 1.54) is 0 Å². The van der Waals surface area contributed by atoms with Crippen molar-refractivity contribution in [1.29, 1.82) is 0 Å². The Bertz CT molecular complexity index is 549. The molecule has 0 saturated carbocycles. The van der Waals surface area contributed by atoms with Crippen molar-refractivity contribution in [3.63, 3.8) is 0 Å². The largest absolute Gasteiger partial charge is 0.241 e. The second kappa shape index (κ2) is 7.41. The lowest BCUT2D eigenvalue weighted by molar-refractivity contribution is 0.576. The molecule has 0 aliphatic heterocycles. The second-order valence-corrected chi connectivity index (χ2v) is 8.29. The zero-order valence-corrected chi connectivity index (χ0v) is 15.5. The van der Waals surface area contributed by atoms with Crippen LogP contribution in [-0.4, -0.2) is 20.3 Å². The first-order valence-electron chi connectivity index (χ1n) is 5.87. The summed E-state index contributed by atoms with van der Waals surface area (Å²) in [6.45, 7) is 4.21. The first-order valence-corrected chi connectivity index (χ1v) is 9.38. The van der Waals surface area contributed by atoms with Crippen molar-refractivity contribution in [3.05, 3.63) is 26.6 Å². The van der Waals surface area contributed by atoms with Crippen molar-refractivity contribution < 1.29 is 8.42 Å². The zero-order valence-electron chi connectivity index (χ0n) is 10.7. The van der Waals surface area contributed by atoms with Crippen molar-refractivity contribution in [2.75, 3.05) is 6.54 Å². The van der Waals surface area contributed by atoms with Gasteiger partial charge >= 0.3 is 0 Å². The molecule has 0 amide bonds. The zero-order chi connectivity index (χ0) is 14.6. The molecule has 0 radical (unpaired) electrons. The molecule has 1 rings (SSSR count). The molecule has 3 nitrogen and oxygen atoms in total. The minimum absolute atomic E-state index is 0.00380. The molecule has 0 fully saturated rings. The maximum absolute atomic E-state index is 12.2. The molecule has 19 heavy (non-hydrogen) atoms. The molecule has 0 aromatic heterocycles. The van der Waals surface area contributed by atoms with Crippen LogP contribution in [0.1, 0.15) is 25.3 Å². The average molecular weight is 434 g/mol. The number of rotatable bonds is 6. The van der Waals surface area contributed by atoms with E-state index in [1.54, 1.807) is 12.1 Å². The monoisotopic (exact) mass is 431 g/mol. The van der Waals surface area contributed by atoms with Gasteiger partial charge in [-0.1, -0.05) is 22.9 Å². The number of halogens is 3. The molecule has 1 N–H and O–H groups in total. The standard InChI is InChI=1S/C12H16Br2ClNO2S/c1-3-9(15)4-5-16-19(17,18)12-7-10(13)8(2)6-11(12)14/h6-7,9,16H,3-5H2,1-2H3. The van der Waals surface area contributed by atoms with E-state index in [4.69, 9.17) is 11.6 Å². The summed E-state index contributed by atoms with van der Waals surface area (Å²) in [5.41, 5.74) is 0.970. The number of nitrogens with one attached hydrogen (secondary N) is 1. The lowest BCUT2D eigenvalue weighted by atomic mass is 10.2. The molecular weight excluding hydrogens is 417 g/mol. The van der Waals surface area contributed by atoms with Crippen molar-refractivity contribution in [2.45, 2.75) is 37.0 Å². The Hall–Kier alpha value is 0.380. The van der Waals surface area contributed by atoms with Gasteiger partial charge in [-0.05, 0) is 53.4 Å². The molecule has 108 valence electrons. The fourth-order valence-electron chi connectivity index (χ4n) is 1.47. The van der Waals surface area contributed by atoms with Crippen LogP contribution in [0.3, 0.4) is 0 Å². The highest BCUT2D eigenvalue weighted by Crippen LogP contribution is 2.28. The van der Waals surface area contributed by atoms with E-state index in [1.807, 2.05) is 13.8 Å². The van der Waals surface area contributed by atoms with Crippen LogP contribution in [0.4, 0.5) is 0 Å². The number of sulfonamides is 1. The minimum atomic E-state index is -3.52. The van der Waals surface area contributed by atoms with Crippen LogP contribution in [0.5, 0.6) is 0 Å². The Balaban J connectivity index is 2.86. The van der Waals surface area contributed by atoms with Gasteiger partial charge in [0.15, 0.2) is 0 Å². The summed E-state index contributed by atoms with van der Waals surface area (Å²) in [5, 5.41) is -0.00380. The van der Waals surface area contributed by atoms with Gasteiger partial charge in [-0.2, -0.15) is 0 Å². The predicted octanol–water partition coefficient (Wildman–Crippen LogP) is 4.21. The summed E-state index contributed by atoms with van der Waals surface area (Å²) in [4.78, 5) is 0.229. The molecule has 1 unspecified atom stereocenters. The van der Waals surface area contributed by atoms with Crippen molar-refractivity contribution in [3.8, 4) is 0 Å². The third-order valence-corrected chi connectivity index (χ3v) is 6.50. The molecule has 1 aromatic rings. The molecule has 1 atom stereocenters. The maximum atomic E-state index is 12.2. The van der Waals surface area contributed by atoms with Gasteiger partial charge in [0, 0.05) is 20.9 Å². The van der Waals surface area contributed by atoms with Crippen LogP contribution in [0.15, 0.2) is 26.0 Å². The number of benzene rings is 1. The molecule has 0 aliphatic rings. The molecule has 7 heteroatoms. The molecule has 0 bridgehead atoms. The third-order valence-electron chi connectivity index (χ3n) is 2.70. The fraction of sp³-hybridized carbons (Fsp3) is 0.500. The molecule has 0 saturated heterocycles. The highest BCUT2D eigenvalue weighted by atomic mass is 79.9. The van der Waals surface area contributed by atoms with Gasteiger partial charge in [-0.15, -0.1) is 11.6 Å². The van der Waals surface area contributed by atoms with Gasteiger partial charge in [0.2, 0.25) is 10.0 Å². The first-order chi connectivity index (χ1) is 8.77. The van der Waals surface area contributed by atoms with E-state index in [9.17, 15) is 8.42 Å². The van der Waals surface area contributed by atoms with Gasteiger partial charge in [0.25, 0.3) is 0 Å². The first kappa shape index (κ1) is 17.4. The Morgan fingerprint density at radius 1 is 1.32 bits per heavy atom. The summed E-state index contributed by atoms with van der Waals surface area (Å²) in [7, 11) is -3.52. The molecular formula is C12H16Br2ClNO2S. The smallest absolute Gasteiger partial charge is 0.211 e. The van der Waals surface area contributed by atoms with Crippen LogP contribution in [-0.2, 0) is 10.0 Å². The van der Waals surface area contributed by atoms with E-state index in [2.05, 4.69) is 36.6 Å². The van der Waals surface area contributed by atoms with E-state index < -0.39 is 10.0 Å². The summed E-state index contributed by atoms with van der Waals surface area (Å²) in [6, 6.07) is 3.37. The third kappa shape index (κ3) is 5.01. The molecule has 0 heterocycles. The van der Waals surface area contributed by atoms with E-state index in [-0.39, 0.29) is 10.3 Å². The van der Waals surface area contributed by atoms with Gasteiger partial charge in [-0.25, -0.2) is 13.1 Å². The number of hydrogen-bond donors (Lipinski definition) is 1. The fourth-order valence-corrected chi connectivity index (χ4v) is 4.30. The summed E-state index contributed by atoms with van der Waals surface area (Å²) in [6.07, 6.45) is 1.44. The Kier molecular flexibility index (Phi) is 6.79. The van der Waals surface area contributed by atoms with Crippen LogP contribution >= 0.6 is 43.5 Å². The van der Waals surface area contributed by atoms with E-state index in [0.29, 0.717) is 17.4 Å². The summed E-state index contributed by atoms with van der Waals surface area (Å²) in [5.74, 6) is 0. The highest BCUT2D eigenvalue weighted by molar-refractivity contribution is 9.11. The average Bonchev–Trinajstić information content (AvgIpc) is 2.33. The highest BCUT2D eigenvalue weighted by Gasteiger charge is 2.18. The predicted molar refractivity (Wildman–Crippen MR) is 86.3 cm³/mol. The lowest BCUT2D eigenvalue weighted by Crippen LogP contribution is -2.26. The van der Waals surface area contributed by atoms with Crippen LogP contribution in [0.2, 0.25) is 0 Å². The summed E-state index contributed by atoms with van der Waals surface area (Å²) < 4.78 is 28.2. The van der Waals surface area contributed by atoms with E-state index in [0.717, 1.165) is 16.5 Å². The van der Waals surface area contributed by atoms with Crippen molar-refractivity contribution in [2.24, 2.45) is 0 Å². The number of aryl methyl sites for hydroxylation is 1. The SMILES string of the molecule is CCC(Cl)CCNS(=O)(=O)c1cc(Br)c(C)cc1Br. The topological polar surface area (TPSA) is 46.2 Å². The van der Waals surface area contributed by atoms with Gasteiger partial charge in [0.1, 0.15) is 0 Å². The van der Waals surface area contributed by atoms with Crippen LogP contribution in [0.25, 0.3) is 0 Å². The minimum Gasteiger partial charge on any atom is -0.211 e. The van der Waals surface area contributed by atoms with Crippen LogP contribution in [0, 0.1) is 6.92 Å². The number of alkyl halides is 1. The van der Waals surface area contributed by atoms with Gasteiger partial charge in [0.05, 0.1) is 4.90 Å². The van der Waals surface area contributed by atoms with Gasteiger partial charge in [-0.3, -0.25) is 0 Å². The Morgan fingerprint density at radius 2 is 1.95 bits per heavy atom. The normalized spacial score (nSPS) is 13.5. The Morgan fingerprint density at radius 3 is 2.53 bits per heavy atom. The number of hydrogen-bond acceptors (Lipinski definition) is 2. The molecule has 0 spiro atoms. The van der Waals surface area contributed by atoms with Crippen LogP contribution < -0.4 is 4.72 Å².